The van der Waals surface area contributed by atoms with Gasteiger partial charge in [-0.25, -0.2) is 9.97 Å². The molecule has 1 N–H and O–H groups in total. The van der Waals surface area contributed by atoms with Crippen LogP contribution in [0.1, 0.15) is 16.5 Å². The van der Waals surface area contributed by atoms with Crippen LogP contribution in [0.5, 0.6) is 5.88 Å². The van der Waals surface area contributed by atoms with Gasteiger partial charge in [-0.05, 0) is 13.8 Å². The molecular weight excluding hydrogens is 236 g/mol. The zero-order valence-electron chi connectivity index (χ0n) is 10.0. The van der Waals surface area contributed by atoms with Crippen molar-refractivity contribution in [1.29, 1.82) is 0 Å². The van der Waals surface area contributed by atoms with Crippen molar-refractivity contribution in [3.63, 3.8) is 0 Å². The number of hydrogen-bond donors (Lipinski definition) is 1. The Bertz CT molecular complexity index is 512. The van der Waals surface area contributed by atoms with E-state index < -0.39 is 0 Å². The first-order valence-corrected chi connectivity index (χ1v) is 6.10. The summed E-state index contributed by atoms with van der Waals surface area (Å²) in [6.45, 7) is 4.48. The minimum Gasteiger partial charge on any atom is -0.481 e. The Kier molecular flexibility index (Phi) is 3.53. The van der Waals surface area contributed by atoms with Crippen molar-refractivity contribution in [2.45, 2.75) is 20.4 Å². The summed E-state index contributed by atoms with van der Waals surface area (Å²) < 4.78 is 5.09. The van der Waals surface area contributed by atoms with E-state index in [0.717, 1.165) is 16.5 Å². The van der Waals surface area contributed by atoms with Gasteiger partial charge in [-0.3, -0.25) is 0 Å². The van der Waals surface area contributed by atoms with Crippen molar-refractivity contribution in [2.24, 2.45) is 0 Å². The average Bonchev–Trinajstić information content (AvgIpc) is 2.72. The van der Waals surface area contributed by atoms with E-state index in [1.54, 1.807) is 24.5 Å². The topological polar surface area (TPSA) is 59.9 Å². The Hall–Kier alpha value is -1.69. The van der Waals surface area contributed by atoms with Crippen LogP contribution in [0.2, 0.25) is 0 Å². The minimum absolute atomic E-state index is 0.565. The van der Waals surface area contributed by atoms with Crippen molar-refractivity contribution in [3.05, 3.63) is 28.0 Å². The summed E-state index contributed by atoms with van der Waals surface area (Å²) in [6.07, 6.45) is 0. The number of hydrogen-bond acceptors (Lipinski definition) is 6. The number of rotatable bonds is 4. The van der Waals surface area contributed by atoms with E-state index in [-0.39, 0.29) is 0 Å². The molecule has 0 unspecified atom stereocenters. The molecule has 0 aliphatic heterocycles. The second kappa shape index (κ2) is 5.09. The van der Waals surface area contributed by atoms with E-state index in [0.29, 0.717) is 18.2 Å². The van der Waals surface area contributed by atoms with Crippen molar-refractivity contribution >= 4 is 17.2 Å². The van der Waals surface area contributed by atoms with Gasteiger partial charge in [0.15, 0.2) is 0 Å². The van der Waals surface area contributed by atoms with Crippen molar-refractivity contribution in [1.82, 2.24) is 15.0 Å². The van der Waals surface area contributed by atoms with Gasteiger partial charge in [0.2, 0.25) is 5.88 Å². The predicted octanol–water partition coefficient (Wildman–Crippen LogP) is 2.17. The first-order valence-electron chi connectivity index (χ1n) is 5.22. The molecule has 0 saturated heterocycles. The first kappa shape index (κ1) is 11.8. The minimum atomic E-state index is 0.565. The molecule has 0 aliphatic carbocycles. The fraction of sp³-hybridized carbons (Fsp3) is 0.364. The van der Waals surface area contributed by atoms with Crippen LogP contribution >= 0.6 is 11.3 Å². The molecular formula is C11H14N4OS. The molecule has 0 saturated carbocycles. The van der Waals surface area contributed by atoms with Crippen LogP contribution in [0.4, 0.5) is 5.82 Å². The SMILES string of the molecule is COc1cc(NCc2nc(C)cs2)nc(C)n1. The maximum Gasteiger partial charge on any atom is 0.218 e. The van der Waals surface area contributed by atoms with Crippen molar-refractivity contribution in [3.8, 4) is 5.88 Å². The van der Waals surface area contributed by atoms with Crippen LogP contribution in [0.25, 0.3) is 0 Å². The lowest BCUT2D eigenvalue weighted by molar-refractivity contribution is 0.396. The number of ether oxygens (including phenoxy) is 1. The van der Waals surface area contributed by atoms with Crippen LogP contribution in [-0.4, -0.2) is 22.1 Å². The molecule has 90 valence electrons. The smallest absolute Gasteiger partial charge is 0.218 e. The molecule has 2 aromatic heterocycles. The molecule has 0 amide bonds. The molecule has 0 bridgehead atoms. The van der Waals surface area contributed by atoms with E-state index in [1.807, 2.05) is 19.2 Å². The lowest BCUT2D eigenvalue weighted by Gasteiger charge is -2.06. The van der Waals surface area contributed by atoms with Gasteiger partial charge >= 0.3 is 0 Å². The molecule has 0 radical (unpaired) electrons. The van der Waals surface area contributed by atoms with E-state index in [4.69, 9.17) is 4.74 Å². The Morgan fingerprint density at radius 2 is 2.12 bits per heavy atom. The highest BCUT2D eigenvalue weighted by Crippen LogP contribution is 2.15. The number of aryl methyl sites for hydroxylation is 2. The number of anilines is 1. The van der Waals surface area contributed by atoms with Gasteiger partial charge in [0.1, 0.15) is 16.6 Å². The van der Waals surface area contributed by atoms with Crippen molar-refractivity contribution in [2.75, 3.05) is 12.4 Å². The Balaban J connectivity index is 2.05. The quantitative estimate of drug-likeness (QED) is 0.901. The summed E-state index contributed by atoms with van der Waals surface area (Å²) in [7, 11) is 1.59. The molecule has 0 aromatic carbocycles. The summed E-state index contributed by atoms with van der Waals surface area (Å²) in [5.41, 5.74) is 1.04. The zero-order valence-corrected chi connectivity index (χ0v) is 10.8. The number of aromatic nitrogens is 3. The molecule has 0 atom stereocenters. The molecule has 2 aromatic rings. The molecule has 0 spiro atoms. The highest BCUT2D eigenvalue weighted by Gasteiger charge is 2.03. The van der Waals surface area contributed by atoms with Gasteiger partial charge in [-0.15, -0.1) is 11.3 Å². The number of nitrogens with zero attached hydrogens (tertiary/aromatic N) is 3. The average molecular weight is 250 g/mol. The number of methoxy groups -OCH3 is 1. The lowest BCUT2D eigenvalue weighted by atomic mass is 10.5. The van der Waals surface area contributed by atoms with Crippen molar-refractivity contribution < 1.29 is 4.74 Å². The van der Waals surface area contributed by atoms with E-state index in [1.165, 1.54) is 0 Å². The summed E-state index contributed by atoms with van der Waals surface area (Å²) in [5, 5.41) is 6.28. The van der Waals surface area contributed by atoms with E-state index >= 15 is 0 Å². The number of thiazole rings is 1. The molecule has 0 aliphatic rings. The van der Waals surface area contributed by atoms with Gasteiger partial charge in [-0.1, -0.05) is 0 Å². The van der Waals surface area contributed by atoms with Crippen LogP contribution in [0.15, 0.2) is 11.4 Å². The van der Waals surface area contributed by atoms with Gasteiger partial charge in [0, 0.05) is 17.1 Å². The Morgan fingerprint density at radius 3 is 2.76 bits per heavy atom. The van der Waals surface area contributed by atoms with Crippen LogP contribution in [-0.2, 0) is 6.54 Å². The lowest BCUT2D eigenvalue weighted by Crippen LogP contribution is -2.03. The molecule has 5 nitrogen and oxygen atoms in total. The van der Waals surface area contributed by atoms with Gasteiger partial charge in [0.25, 0.3) is 0 Å². The largest absolute Gasteiger partial charge is 0.481 e. The fourth-order valence-corrected chi connectivity index (χ4v) is 2.10. The normalized spacial score (nSPS) is 10.3. The second-order valence-corrected chi connectivity index (χ2v) is 4.52. The van der Waals surface area contributed by atoms with E-state index in [9.17, 15) is 0 Å². The third-order valence-electron chi connectivity index (χ3n) is 2.11. The summed E-state index contributed by atoms with van der Waals surface area (Å²) in [6, 6.07) is 1.77. The summed E-state index contributed by atoms with van der Waals surface area (Å²) in [4.78, 5) is 12.8. The maximum atomic E-state index is 5.09. The highest BCUT2D eigenvalue weighted by atomic mass is 32.1. The maximum absolute atomic E-state index is 5.09. The molecule has 6 heteroatoms. The third-order valence-corrected chi connectivity index (χ3v) is 3.08. The number of nitrogens with one attached hydrogen (secondary N) is 1. The molecule has 0 fully saturated rings. The Morgan fingerprint density at radius 1 is 1.29 bits per heavy atom. The highest BCUT2D eigenvalue weighted by molar-refractivity contribution is 7.09. The van der Waals surface area contributed by atoms with E-state index in [2.05, 4.69) is 20.3 Å². The van der Waals surface area contributed by atoms with Gasteiger partial charge < -0.3 is 10.1 Å². The first-order chi connectivity index (χ1) is 8.17. The molecule has 2 rings (SSSR count). The second-order valence-electron chi connectivity index (χ2n) is 3.58. The summed E-state index contributed by atoms with van der Waals surface area (Å²) >= 11 is 1.63. The van der Waals surface area contributed by atoms with Gasteiger partial charge in [0.05, 0.1) is 13.7 Å². The monoisotopic (exact) mass is 250 g/mol. The van der Waals surface area contributed by atoms with Crippen LogP contribution in [0.3, 0.4) is 0 Å². The van der Waals surface area contributed by atoms with Crippen LogP contribution in [0, 0.1) is 13.8 Å². The van der Waals surface area contributed by atoms with Gasteiger partial charge in [-0.2, -0.15) is 4.98 Å². The fourth-order valence-electron chi connectivity index (χ4n) is 1.39. The summed E-state index contributed by atoms with van der Waals surface area (Å²) in [5.74, 6) is 2.00. The zero-order chi connectivity index (χ0) is 12.3. The Labute approximate surface area is 104 Å². The predicted molar refractivity (Wildman–Crippen MR) is 67.5 cm³/mol. The molecule has 2 heterocycles. The molecule has 17 heavy (non-hydrogen) atoms. The van der Waals surface area contributed by atoms with Crippen LogP contribution < -0.4 is 10.1 Å². The third kappa shape index (κ3) is 3.13. The standard InChI is InChI=1S/C11H14N4OS/c1-7-6-17-11(13-7)5-12-9-4-10(16-3)15-8(2)14-9/h4,6H,5H2,1-3H3,(H,12,14,15).